The number of halogens is 1. The molecule has 0 bridgehead atoms. The third-order valence-corrected chi connectivity index (χ3v) is 4.75. The molecule has 0 radical (unpaired) electrons. The number of hydrogen-bond donors (Lipinski definition) is 2. The van der Waals surface area contributed by atoms with Crippen LogP contribution in [0.3, 0.4) is 0 Å². The maximum absolute atomic E-state index is 11.9. The van der Waals surface area contributed by atoms with Crippen LogP contribution in [0.15, 0.2) is 22.7 Å². The standard InChI is InChI=1S/C17H25BrN2O2/c1-22-16-6-4-13(11-15(16)18)5-7-17(21)20-10-8-14-3-2-9-19-12-14/h4,6,11,14,19H,2-3,5,7-10,12H2,1H3,(H,20,21). The minimum atomic E-state index is 0.135. The third-order valence-electron chi connectivity index (χ3n) is 4.13. The van der Waals surface area contributed by atoms with E-state index in [1.165, 1.54) is 12.8 Å². The molecule has 2 N–H and O–H groups in total. The van der Waals surface area contributed by atoms with Gasteiger partial charge in [-0.1, -0.05) is 6.07 Å². The topological polar surface area (TPSA) is 50.4 Å². The van der Waals surface area contributed by atoms with E-state index < -0.39 is 0 Å². The Morgan fingerprint density at radius 3 is 3.05 bits per heavy atom. The van der Waals surface area contributed by atoms with Crippen LogP contribution in [-0.2, 0) is 11.2 Å². The second-order valence-electron chi connectivity index (χ2n) is 5.82. The molecule has 1 amide bonds. The summed E-state index contributed by atoms with van der Waals surface area (Å²) in [7, 11) is 1.65. The number of methoxy groups -OCH3 is 1. The monoisotopic (exact) mass is 368 g/mol. The number of rotatable bonds is 7. The molecule has 1 aromatic rings. The summed E-state index contributed by atoms with van der Waals surface area (Å²) in [6.07, 6.45) is 4.89. The highest BCUT2D eigenvalue weighted by atomic mass is 79.9. The predicted octanol–water partition coefficient (Wildman–Crippen LogP) is 2.90. The van der Waals surface area contributed by atoms with Crippen LogP contribution in [0.4, 0.5) is 0 Å². The summed E-state index contributed by atoms with van der Waals surface area (Å²) >= 11 is 3.47. The van der Waals surface area contributed by atoms with Gasteiger partial charge in [-0.2, -0.15) is 0 Å². The molecule has 0 saturated carbocycles. The molecule has 1 unspecified atom stereocenters. The highest BCUT2D eigenvalue weighted by Gasteiger charge is 2.12. The zero-order chi connectivity index (χ0) is 15.8. The molecule has 1 aliphatic rings. The Morgan fingerprint density at radius 1 is 1.50 bits per heavy atom. The summed E-state index contributed by atoms with van der Waals surface area (Å²) in [5, 5.41) is 6.44. The summed E-state index contributed by atoms with van der Waals surface area (Å²) in [5.41, 5.74) is 1.14. The molecule has 1 saturated heterocycles. The summed E-state index contributed by atoms with van der Waals surface area (Å²) in [6, 6.07) is 5.94. The molecule has 1 fully saturated rings. The molecule has 5 heteroatoms. The van der Waals surface area contributed by atoms with E-state index >= 15 is 0 Å². The van der Waals surface area contributed by atoms with Crippen molar-refractivity contribution in [2.75, 3.05) is 26.7 Å². The molecule has 122 valence electrons. The van der Waals surface area contributed by atoms with Crippen LogP contribution < -0.4 is 15.4 Å². The molecule has 0 aliphatic carbocycles. The largest absolute Gasteiger partial charge is 0.496 e. The Bertz CT molecular complexity index is 488. The first-order chi connectivity index (χ1) is 10.7. The molecular weight excluding hydrogens is 344 g/mol. The van der Waals surface area contributed by atoms with Crippen molar-refractivity contribution in [3.05, 3.63) is 28.2 Å². The lowest BCUT2D eigenvalue weighted by atomic mass is 9.96. The van der Waals surface area contributed by atoms with E-state index in [9.17, 15) is 4.79 Å². The summed E-state index contributed by atoms with van der Waals surface area (Å²) < 4.78 is 6.13. The third kappa shape index (κ3) is 5.61. The van der Waals surface area contributed by atoms with E-state index in [0.717, 1.165) is 48.3 Å². The highest BCUT2D eigenvalue weighted by molar-refractivity contribution is 9.10. The SMILES string of the molecule is COc1ccc(CCC(=O)NCCC2CCCNC2)cc1Br. The van der Waals surface area contributed by atoms with Gasteiger partial charge in [0.15, 0.2) is 0 Å². The number of carbonyl (C=O) groups excluding carboxylic acids is 1. The summed E-state index contributed by atoms with van der Waals surface area (Å²) in [5.74, 6) is 1.66. The maximum atomic E-state index is 11.9. The molecule has 0 spiro atoms. The summed E-state index contributed by atoms with van der Waals surface area (Å²) in [4.78, 5) is 11.9. The van der Waals surface area contributed by atoms with Crippen LogP contribution in [0, 0.1) is 5.92 Å². The lowest BCUT2D eigenvalue weighted by Crippen LogP contribution is -2.33. The number of nitrogens with one attached hydrogen (secondary N) is 2. The fourth-order valence-electron chi connectivity index (χ4n) is 2.80. The lowest BCUT2D eigenvalue weighted by molar-refractivity contribution is -0.121. The number of piperidine rings is 1. The average molecular weight is 369 g/mol. The second-order valence-corrected chi connectivity index (χ2v) is 6.67. The van der Waals surface area contributed by atoms with Gasteiger partial charge in [-0.15, -0.1) is 0 Å². The molecule has 1 aliphatic heterocycles. The van der Waals surface area contributed by atoms with Gasteiger partial charge in [-0.3, -0.25) is 4.79 Å². The molecule has 4 nitrogen and oxygen atoms in total. The Balaban J connectivity index is 1.65. The van der Waals surface area contributed by atoms with Crippen LogP contribution in [0.5, 0.6) is 5.75 Å². The normalized spacial score (nSPS) is 18.0. The quantitative estimate of drug-likeness (QED) is 0.777. The Morgan fingerprint density at radius 2 is 2.36 bits per heavy atom. The first-order valence-corrected chi connectivity index (χ1v) is 8.78. The van der Waals surface area contributed by atoms with Crippen LogP contribution >= 0.6 is 15.9 Å². The second kappa shape index (κ2) is 9.16. The Kier molecular flexibility index (Phi) is 7.19. The zero-order valence-electron chi connectivity index (χ0n) is 13.2. The van der Waals surface area contributed by atoms with Gasteiger partial charge in [0, 0.05) is 13.0 Å². The van der Waals surface area contributed by atoms with Crippen molar-refractivity contribution in [1.29, 1.82) is 0 Å². The van der Waals surface area contributed by atoms with Crippen molar-refractivity contribution >= 4 is 21.8 Å². The van der Waals surface area contributed by atoms with E-state index in [2.05, 4.69) is 26.6 Å². The van der Waals surface area contributed by atoms with Gasteiger partial charge in [0.05, 0.1) is 11.6 Å². The molecule has 1 atom stereocenters. The molecule has 2 rings (SSSR count). The Hall–Kier alpha value is -1.07. The number of aryl methyl sites for hydroxylation is 1. The highest BCUT2D eigenvalue weighted by Crippen LogP contribution is 2.25. The molecular formula is C17H25BrN2O2. The fourth-order valence-corrected chi connectivity index (χ4v) is 3.39. The minimum absolute atomic E-state index is 0.135. The molecule has 1 aromatic carbocycles. The first kappa shape index (κ1) is 17.3. The zero-order valence-corrected chi connectivity index (χ0v) is 14.7. The molecule has 22 heavy (non-hydrogen) atoms. The molecule has 0 aromatic heterocycles. The van der Waals surface area contributed by atoms with Crippen LogP contribution in [0.2, 0.25) is 0 Å². The van der Waals surface area contributed by atoms with E-state index in [0.29, 0.717) is 12.3 Å². The van der Waals surface area contributed by atoms with E-state index in [4.69, 9.17) is 4.74 Å². The van der Waals surface area contributed by atoms with E-state index in [1.807, 2.05) is 18.2 Å². The number of amides is 1. The van der Waals surface area contributed by atoms with Gasteiger partial charge < -0.3 is 15.4 Å². The van der Waals surface area contributed by atoms with Gasteiger partial charge in [0.25, 0.3) is 0 Å². The number of benzene rings is 1. The maximum Gasteiger partial charge on any atom is 0.220 e. The van der Waals surface area contributed by atoms with Crippen molar-refractivity contribution in [3.8, 4) is 5.75 Å². The average Bonchev–Trinajstić information content (AvgIpc) is 2.54. The van der Waals surface area contributed by atoms with Gasteiger partial charge in [-0.05, 0) is 78.3 Å². The van der Waals surface area contributed by atoms with Crippen molar-refractivity contribution < 1.29 is 9.53 Å². The Labute approximate surface area is 141 Å². The number of carbonyl (C=O) groups is 1. The van der Waals surface area contributed by atoms with Gasteiger partial charge in [0.2, 0.25) is 5.91 Å². The van der Waals surface area contributed by atoms with Crippen molar-refractivity contribution in [2.24, 2.45) is 5.92 Å². The fraction of sp³-hybridized carbons (Fsp3) is 0.588. The van der Waals surface area contributed by atoms with Crippen molar-refractivity contribution in [2.45, 2.75) is 32.1 Å². The summed E-state index contributed by atoms with van der Waals surface area (Å²) in [6.45, 7) is 3.02. The predicted molar refractivity (Wildman–Crippen MR) is 92.2 cm³/mol. The van der Waals surface area contributed by atoms with Gasteiger partial charge >= 0.3 is 0 Å². The van der Waals surface area contributed by atoms with Gasteiger partial charge in [0.1, 0.15) is 5.75 Å². The van der Waals surface area contributed by atoms with E-state index in [-0.39, 0.29) is 5.91 Å². The minimum Gasteiger partial charge on any atom is -0.496 e. The van der Waals surface area contributed by atoms with E-state index in [1.54, 1.807) is 7.11 Å². The lowest BCUT2D eigenvalue weighted by Gasteiger charge is -2.22. The van der Waals surface area contributed by atoms with Crippen LogP contribution in [0.25, 0.3) is 0 Å². The number of ether oxygens (including phenoxy) is 1. The van der Waals surface area contributed by atoms with Crippen molar-refractivity contribution in [3.63, 3.8) is 0 Å². The van der Waals surface area contributed by atoms with Crippen molar-refractivity contribution in [1.82, 2.24) is 10.6 Å². The van der Waals surface area contributed by atoms with Gasteiger partial charge in [-0.25, -0.2) is 0 Å². The van der Waals surface area contributed by atoms with Crippen LogP contribution in [0.1, 0.15) is 31.2 Å². The number of hydrogen-bond acceptors (Lipinski definition) is 3. The first-order valence-electron chi connectivity index (χ1n) is 7.99. The molecule has 1 heterocycles. The smallest absolute Gasteiger partial charge is 0.220 e. The van der Waals surface area contributed by atoms with Crippen LogP contribution in [-0.4, -0.2) is 32.7 Å².